The fourth-order valence-electron chi connectivity index (χ4n) is 2.02. The third-order valence-corrected chi connectivity index (χ3v) is 3.94. The Labute approximate surface area is 135 Å². The molecule has 2 aromatic rings. The molecule has 0 radical (unpaired) electrons. The van der Waals surface area contributed by atoms with Crippen LogP contribution in [0.25, 0.3) is 0 Å². The van der Waals surface area contributed by atoms with Gasteiger partial charge in [-0.05, 0) is 43.5 Å². The number of carbonyl (C=O) groups is 1. The first kappa shape index (κ1) is 16.2. The molecule has 1 atom stereocenters. The summed E-state index contributed by atoms with van der Waals surface area (Å²) in [6.45, 7) is 1.83. The third-order valence-electron chi connectivity index (χ3n) is 3.21. The molecular weight excluding hydrogens is 296 g/mol. The standard InChI is InChI=1S/C17H20N2O2S/c1-12(18-13-7-6-8-14(11-13)22-3)17(20)19-15-9-4-5-10-16(15)21-2/h4-12,18H,1-3H3,(H,19,20)/t12-/m0/s1. The zero-order chi connectivity index (χ0) is 15.9. The van der Waals surface area contributed by atoms with Crippen molar-refractivity contribution in [3.63, 3.8) is 0 Å². The maximum absolute atomic E-state index is 12.3. The minimum atomic E-state index is -0.359. The molecule has 0 saturated heterocycles. The second kappa shape index (κ2) is 7.75. The Hall–Kier alpha value is -2.14. The average molecular weight is 316 g/mol. The van der Waals surface area contributed by atoms with Crippen LogP contribution in [0.5, 0.6) is 5.75 Å². The van der Waals surface area contributed by atoms with E-state index in [2.05, 4.69) is 10.6 Å². The first-order valence-electron chi connectivity index (χ1n) is 6.98. The van der Waals surface area contributed by atoms with E-state index in [1.165, 1.54) is 0 Å². The van der Waals surface area contributed by atoms with Gasteiger partial charge >= 0.3 is 0 Å². The predicted octanol–water partition coefficient (Wildman–Crippen LogP) is 3.86. The van der Waals surface area contributed by atoms with Crippen molar-refractivity contribution in [1.29, 1.82) is 0 Å². The molecule has 0 aromatic heterocycles. The molecule has 2 rings (SSSR count). The van der Waals surface area contributed by atoms with Crippen molar-refractivity contribution >= 4 is 29.0 Å². The van der Waals surface area contributed by atoms with Crippen LogP contribution in [0, 0.1) is 0 Å². The maximum atomic E-state index is 12.3. The molecule has 4 nitrogen and oxygen atoms in total. The van der Waals surface area contributed by atoms with Crippen LogP contribution in [0.3, 0.4) is 0 Å². The minimum absolute atomic E-state index is 0.112. The first-order chi connectivity index (χ1) is 10.6. The third kappa shape index (κ3) is 4.18. The van der Waals surface area contributed by atoms with Gasteiger partial charge in [-0.1, -0.05) is 18.2 Å². The van der Waals surface area contributed by atoms with Crippen molar-refractivity contribution in [2.24, 2.45) is 0 Å². The van der Waals surface area contributed by atoms with E-state index in [4.69, 9.17) is 4.74 Å². The molecule has 22 heavy (non-hydrogen) atoms. The number of amides is 1. The van der Waals surface area contributed by atoms with Crippen LogP contribution in [0.1, 0.15) is 6.92 Å². The Morgan fingerprint density at radius 1 is 1.18 bits per heavy atom. The van der Waals surface area contributed by atoms with E-state index >= 15 is 0 Å². The molecule has 0 fully saturated rings. The van der Waals surface area contributed by atoms with Gasteiger partial charge in [-0.25, -0.2) is 0 Å². The van der Waals surface area contributed by atoms with Crippen molar-refractivity contribution < 1.29 is 9.53 Å². The number of hydrogen-bond acceptors (Lipinski definition) is 4. The molecule has 5 heteroatoms. The number of thioether (sulfide) groups is 1. The number of benzene rings is 2. The van der Waals surface area contributed by atoms with Crippen molar-refractivity contribution in [3.05, 3.63) is 48.5 Å². The molecule has 2 aromatic carbocycles. The lowest BCUT2D eigenvalue weighted by atomic mass is 10.2. The summed E-state index contributed by atoms with van der Waals surface area (Å²) < 4.78 is 5.24. The molecule has 0 aliphatic heterocycles. The molecule has 1 amide bonds. The van der Waals surface area contributed by atoms with Gasteiger partial charge in [0.25, 0.3) is 0 Å². The summed E-state index contributed by atoms with van der Waals surface area (Å²) in [6.07, 6.45) is 2.02. The highest BCUT2D eigenvalue weighted by Gasteiger charge is 2.14. The van der Waals surface area contributed by atoms with Crippen molar-refractivity contribution in [2.75, 3.05) is 24.0 Å². The van der Waals surface area contributed by atoms with Gasteiger partial charge in [0.05, 0.1) is 12.8 Å². The van der Waals surface area contributed by atoms with Crippen LogP contribution < -0.4 is 15.4 Å². The molecule has 0 bridgehead atoms. The number of anilines is 2. The van der Waals surface area contributed by atoms with Crippen LogP contribution in [0.15, 0.2) is 53.4 Å². The van der Waals surface area contributed by atoms with E-state index in [1.807, 2.05) is 61.7 Å². The van der Waals surface area contributed by atoms with Gasteiger partial charge < -0.3 is 15.4 Å². The topological polar surface area (TPSA) is 50.4 Å². The van der Waals surface area contributed by atoms with Crippen molar-refractivity contribution in [3.8, 4) is 5.75 Å². The second-order valence-electron chi connectivity index (χ2n) is 4.79. The number of para-hydroxylation sites is 2. The lowest BCUT2D eigenvalue weighted by Crippen LogP contribution is -2.32. The van der Waals surface area contributed by atoms with Gasteiger partial charge in [0.15, 0.2) is 0 Å². The van der Waals surface area contributed by atoms with Gasteiger partial charge in [-0.3, -0.25) is 4.79 Å². The smallest absolute Gasteiger partial charge is 0.246 e. The fraction of sp³-hybridized carbons (Fsp3) is 0.235. The molecule has 0 aliphatic rings. The van der Waals surface area contributed by atoms with Crippen molar-refractivity contribution in [1.82, 2.24) is 0 Å². The van der Waals surface area contributed by atoms with Gasteiger partial charge in [-0.2, -0.15) is 0 Å². The van der Waals surface area contributed by atoms with E-state index in [0.717, 1.165) is 10.6 Å². The van der Waals surface area contributed by atoms with E-state index < -0.39 is 0 Å². The Kier molecular flexibility index (Phi) is 5.72. The Morgan fingerprint density at radius 2 is 1.95 bits per heavy atom. The largest absolute Gasteiger partial charge is 0.495 e. The highest BCUT2D eigenvalue weighted by atomic mass is 32.2. The number of methoxy groups -OCH3 is 1. The van der Waals surface area contributed by atoms with Gasteiger partial charge in [0.1, 0.15) is 11.8 Å². The average Bonchev–Trinajstić information content (AvgIpc) is 2.55. The summed E-state index contributed by atoms with van der Waals surface area (Å²) in [5, 5.41) is 6.09. The highest BCUT2D eigenvalue weighted by Crippen LogP contribution is 2.24. The molecule has 0 unspecified atom stereocenters. The lowest BCUT2D eigenvalue weighted by molar-refractivity contribution is -0.116. The zero-order valence-electron chi connectivity index (χ0n) is 12.9. The molecule has 0 heterocycles. The van der Waals surface area contributed by atoms with Crippen LogP contribution in [0.2, 0.25) is 0 Å². The molecular formula is C17H20N2O2S. The van der Waals surface area contributed by atoms with Crippen LogP contribution in [0.4, 0.5) is 11.4 Å². The van der Waals surface area contributed by atoms with Crippen molar-refractivity contribution in [2.45, 2.75) is 17.9 Å². The van der Waals surface area contributed by atoms with E-state index in [-0.39, 0.29) is 11.9 Å². The number of ether oxygens (including phenoxy) is 1. The van der Waals surface area contributed by atoms with E-state index in [0.29, 0.717) is 11.4 Å². The van der Waals surface area contributed by atoms with Gasteiger partial charge in [-0.15, -0.1) is 11.8 Å². The fourth-order valence-corrected chi connectivity index (χ4v) is 2.48. The number of nitrogens with one attached hydrogen (secondary N) is 2. The molecule has 0 saturated carbocycles. The normalized spacial score (nSPS) is 11.6. The Morgan fingerprint density at radius 3 is 2.68 bits per heavy atom. The Bertz CT molecular complexity index is 646. The van der Waals surface area contributed by atoms with Crippen LogP contribution in [-0.4, -0.2) is 25.3 Å². The lowest BCUT2D eigenvalue weighted by Gasteiger charge is -2.17. The zero-order valence-corrected chi connectivity index (χ0v) is 13.7. The summed E-state index contributed by atoms with van der Waals surface area (Å²) in [6, 6.07) is 15.0. The minimum Gasteiger partial charge on any atom is -0.495 e. The maximum Gasteiger partial charge on any atom is 0.246 e. The number of carbonyl (C=O) groups excluding carboxylic acids is 1. The van der Waals surface area contributed by atoms with E-state index in [9.17, 15) is 4.79 Å². The van der Waals surface area contributed by atoms with Crippen LogP contribution >= 0.6 is 11.8 Å². The van der Waals surface area contributed by atoms with E-state index in [1.54, 1.807) is 18.9 Å². The summed E-state index contributed by atoms with van der Waals surface area (Å²) in [4.78, 5) is 13.5. The predicted molar refractivity (Wildman–Crippen MR) is 92.9 cm³/mol. The monoisotopic (exact) mass is 316 g/mol. The number of rotatable bonds is 6. The summed E-state index contributed by atoms with van der Waals surface area (Å²) in [7, 11) is 1.58. The molecule has 116 valence electrons. The second-order valence-corrected chi connectivity index (χ2v) is 5.67. The first-order valence-corrected chi connectivity index (χ1v) is 8.21. The quantitative estimate of drug-likeness (QED) is 0.795. The molecule has 0 aliphatic carbocycles. The summed E-state index contributed by atoms with van der Waals surface area (Å²) in [5.41, 5.74) is 1.59. The van der Waals surface area contributed by atoms with Gasteiger partial charge in [0.2, 0.25) is 5.91 Å². The van der Waals surface area contributed by atoms with Crippen LogP contribution in [-0.2, 0) is 4.79 Å². The number of hydrogen-bond donors (Lipinski definition) is 2. The summed E-state index contributed by atoms with van der Waals surface area (Å²) >= 11 is 1.67. The highest BCUT2D eigenvalue weighted by molar-refractivity contribution is 7.98. The molecule has 0 spiro atoms. The SMILES string of the molecule is COc1ccccc1NC(=O)[C@H](C)Nc1cccc(SC)c1. The Balaban J connectivity index is 2.02. The molecule has 2 N–H and O–H groups in total. The summed E-state index contributed by atoms with van der Waals surface area (Å²) in [5.74, 6) is 0.534. The van der Waals surface area contributed by atoms with Gasteiger partial charge in [0, 0.05) is 10.6 Å².